The molecule has 2 aromatic carbocycles. The highest BCUT2D eigenvalue weighted by atomic mass is 19.3. The van der Waals surface area contributed by atoms with Crippen LogP contribution in [0.4, 0.5) is 14.5 Å². The number of hydrogen-bond donors (Lipinski definition) is 0. The van der Waals surface area contributed by atoms with Gasteiger partial charge in [-0.1, -0.05) is 55.1 Å². The van der Waals surface area contributed by atoms with Crippen LogP contribution in [0.25, 0.3) is 5.57 Å². The zero-order chi connectivity index (χ0) is 15.5. The topological polar surface area (TPSA) is 3.24 Å². The predicted molar refractivity (Wildman–Crippen MR) is 86.6 cm³/mol. The Labute approximate surface area is 128 Å². The smallest absolute Gasteiger partial charge is 0.263 e. The van der Waals surface area contributed by atoms with Gasteiger partial charge in [0.05, 0.1) is 0 Å². The minimum absolute atomic E-state index is 0.0224. The van der Waals surface area contributed by atoms with Crippen molar-refractivity contribution in [2.24, 2.45) is 0 Å². The third kappa shape index (κ3) is 2.84. The first-order valence-corrected chi connectivity index (χ1v) is 6.97. The van der Waals surface area contributed by atoms with Gasteiger partial charge < -0.3 is 4.90 Å². The molecule has 0 spiro atoms. The van der Waals surface area contributed by atoms with Crippen molar-refractivity contribution in [1.29, 1.82) is 0 Å². The molecule has 0 aromatic heterocycles. The Morgan fingerprint density at radius 1 is 0.864 bits per heavy atom. The van der Waals surface area contributed by atoms with Crippen LogP contribution in [0.1, 0.15) is 17.6 Å². The Balaban J connectivity index is 1.93. The normalized spacial score (nSPS) is 14.4. The van der Waals surface area contributed by atoms with Gasteiger partial charge in [0.25, 0.3) is 6.43 Å². The second kappa shape index (κ2) is 5.98. The number of hydrogen-bond acceptors (Lipinski definition) is 1. The van der Waals surface area contributed by atoms with E-state index in [1.54, 1.807) is 12.1 Å². The molecule has 0 bridgehead atoms. The van der Waals surface area contributed by atoms with Crippen molar-refractivity contribution in [3.63, 3.8) is 0 Å². The van der Waals surface area contributed by atoms with Gasteiger partial charge in [-0.3, -0.25) is 0 Å². The molecule has 110 valence electrons. The molecule has 0 N–H and O–H groups in total. The van der Waals surface area contributed by atoms with Crippen LogP contribution in [0.5, 0.6) is 0 Å². The number of allylic oxidation sites excluding steroid dienone is 3. The van der Waals surface area contributed by atoms with E-state index in [1.807, 2.05) is 53.6 Å². The summed E-state index contributed by atoms with van der Waals surface area (Å²) in [4.78, 5) is 1.90. The van der Waals surface area contributed by atoms with E-state index in [1.165, 1.54) is 12.1 Å². The molecular formula is C19H15F2N. The van der Waals surface area contributed by atoms with Gasteiger partial charge >= 0.3 is 0 Å². The molecule has 0 atom stereocenters. The van der Waals surface area contributed by atoms with Gasteiger partial charge in [0.2, 0.25) is 0 Å². The maximum Gasteiger partial charge on any atom is 0.263 e. The molecule has 0 amide bonds. The quantitative estimate of drug-likeness (QED) is 0.717. The van der Waals surface area contributed by atoms with Crippen molar-refractivity contribution >= 4 is 11.3 Å². The molecule has 22 heavy (non-hydrogen) atoms. The summed E-state index contributed by atoms with van der Waals surface area (Å²) in [6, 6.07) is 16.3. The van der Waals surface area contributed by atoms with Crippen molar-refractivity contribution in [2.75, 3.05) is 4.90 Å². The fourth-order valence-corrected chi connectivity index (χ4v) is 2.35. The van der Waals surface area contributed by atoms with Gasteiger partial charge in [-0.25, -0.2) is 8.78 Å². The standard InChI is InChI=1S/C19H15F2N/c1-14-7-8-17(15-5-3-2-4-6-15)13-22(14)18-11-9-16(10-12-18)19(20)21/h2-13,19H,1H2. The van der Waals surface area contributed by atoms with Crippen molar-refractivity contribution in [2.45, 2.75) is 6.43 Å². The zero-order valence-electron chi connectivity index (χ0n) is 11.9. The average molecular weight is 295 g/mol. The van der Waals surface area contributed by atoms with Gasteiger partial charge in [0, 0.05) is 23.1 Å². The number of rotatable bonds is 3. The van der Waals surface area contributed by atoms with Crippen LogP contribution in [0.3, 0.4) is 0 Å². The van der Waals surface area contributed by atoms with Crippen molar-refractivity contribution in [3.8, 4) is 0 Å². The number of nitrogens with zero attached hydrogens (tertiary/aromatic N) is 1. The lowest BCUT2D eigenvalue weighted by Gasteiger charge is -2.25. The van der Waals surface area contributed by atoms with E-state index in [9.17, 15) is 8.78 Å². The van der Waals surface area contributed by atoms with Crippen LogP contribution in [0.2, 0.25) is 0 Å². The van der Waals surface area contributed by atoms with Crippen LogP contribution in [0.15, 0.2) is 85.2 Å². The Kier molecular flexibility index (Phi) is 3.88. The third-order valence-electron chi connectivity index (χ3n) is 3.56. The number of alkyl halides is 2. The highest BCUT2D eigenvalue weighted by molar-refractivity contribution is 5.80. The van der Waals surface area contributed by atoms with E-state index in [4.69, 9.17) is 0 Å². The summed E-state index contributed by atoms with van der Waals surface area (Å²) in [5.74, 6) is 0. The summed E-state index contributed by atoms with van der Waals surface area (Å²) in [7, 11) is 0. The van der Waals surface area contributed by atoms with Crippen LogP contribution in [0, 0.1) is 0 Å². The minimum atomic E-state index is -2.45. The maximum absolute atomic E-state index is 12.6. The second-order valence-corrected chi connectivity index (χ2v) is 5.04. The molecule has 3 rings (SSSR count). The highest BCUT2D eigenvalue weighted by Gasteiger charge is 2.13. The Morgan fingerprint density at radius 3 is 2.18 bits per heavy atom. The first-order chi connectivity index (χ1) is 10.6. The molecular weight excluding hydrogens is 280 g/mol. The Hall–Kier alpha value is -2.68. The van der Waals surface area contributed by atoms with E-state index < -0.39 is 6.43 Å². The lowest BCUT2D eigenvalue weighted by Crippen LogP contribution is -2.16. The van der Waals surface area contributed by atoms with Crippen molar-refractivity contribution < 1.29 is 8.78 Å². The fourth-order valence-electron chi connectivity index (χ4n) is 2.35. The molecule has 3 heteroatoms. The number of benzene rings is 2. The van der Waals surface area contributed by atoms with Crippen LogP contribution >= 0.6 is 0 Å². The van der Waals surface area contributed by atoms with Gasteiger partial charge in [-0.15, -0.1) is 0 Å². The molecule has 0 aliphatic carbocycles. The summed E-state index contributed by atoms with van der Waals surface area (Å²) >= 11 is 0. The summed E-state index contributed by atoms with van der Waals surface area (Å²) in [6.07, 6.45) is 3.44. The molecule has 0 saturated heterocycles. The minimum Gasteiger partial charge on any atom is -0.317 e. The van der Waals surface area contributed by atoms with E-state index in [2.05, 4.69) is 6.58 Å². The highest BCUT2D eigenvalue weighted by Crippen LogP contribution is 2.30. The summed E-state index contributed by atoms with van der Waals surface area (Å²) in [6.45, 7) is 4.00. The fraction of sp³-hybridized carbons (Fsp3) is 0.0526. The molecule has 1 nitrogen and oxygen atoms in total. The SMILES string of the molecule is C=C1C=CC(c2ccccc2)=CN1c1ccc(C(F)F)cc1. The lowest BCUT2D eigenvalue weighted by molar-refractivity contribution is 0.151. The molecule has 1 aliphatic rings. The largest absolute Gasteiger partial charge is 0.317 e. The maximum atomic E-state index is 12.6. The molecule has 0 unspecified atom stereocenters. The Bertz CT molecular complexity index is 728. The molecule has 2 aromatic rings. The summed E-state index contributed by atoms with van der Waals surface area (Å²) in [5.41, 5.74) is 3.78. The van der Waals surface area contributed by atoms with Crippen molar-refractivity contribution in [3.05, 3.63) is 96.4 Å². The zero-order valence-corrected chi connectivity index (χ0v) is 11.9. The predicted octanol–water partition coefficient (Wildman–Crippen LogP) is 5.56. The molecule has 0 radical (unpaired) electrons. The number of halogens is 2. The van der Waals surface area contributed by atoms with Gasteiger partial charge in [0.1, 0.15) is 0 Å². The van der Waals surface area contributed by atoms with E-state index >= 15 is 0 Å². The molecule has 0 fully saturated rings. The number of anilines is 1. The molecule has 0 saturated carbocycles. The lowest BCUT2D eigenvalue weighted by atomic mass is 10.0. The van der Waals surface area contributed by atoms with Crippen LogP contribution in [-0.4, -0.2) is 0 Å². The van der Waals surface area contributed by atoms with Gasteiger partial charge in [0.15, 0.2) is 0 Å². The van der Waals surface area contributed by atoms with Crippen LogP contribution < -0.4 is 4.90 Å². The average Bonchev–Trinajstić information content (AvgIpc) is 2.56. The van der Waals surface area contributed by atoms with E-state index in [-0.39, 0.29) is 5.56 Å². The second-order valence-electron chi connectivity index (χ2n) is 5.04. The monoisotopic (exact) mass is 295 g/mol. The first-order valence-electron chi connectivity index (χ1n) is 6.97. The Morgan fingerprint density at radius 2 is 1.55 bits per heavy atom. The molecule has 1 aliphatic heterocycles. The van der Waals surface area contributed by atoms with Gasteiger partial charge in [-0.2, -0.15) is 0 Å². The van der Waals surface area contributed by atoms with Gasteiger partial charge in [-0.05, 0) is 29.3 Å². The van der Waals surface area contributed by atoms with Crippen molar-refractivity contribution in [1.82, 2.24) is 0 Å². The summed E-state index contributed by atoms with van der Waals surface area (Å²) in [5, 5.41) is 0. The summed E-state index contributed by atoms with van der Waals surface area (Å²) < 4.78 is 25.3. The molecule has 1 heterocycles. The third-order valence-corrected chi connectivity index (χ3v) is 3.56. The first kappa shape index (κ1) is 14.3. The van der Waals surface area contributed by atoms with E-state index in [0.717, 1.165) is 22.5 Å². The van der Waals surface area contributed by atoms with E-state index in [0.29, 0.717) is 0 Å². The van der Waals surface area contributed by atoms with Crippen LogP contribution in [-0.2, 0) is 0 Å².